The van der Waals surface area contributed by atoms with Crippen LogP contribution >= 0.6 is 0 Å². The lowest BCUT2D eigenvalue weighted by Crippen LogP contribution is -2.24. The highest BCUT2D eigenvalue weighted by Gasteiger charge is 2.30. The SMILES string of the molecule is CN(CCO)c1nc(Nc2cc(C(F)(F)F)ccn2)cc(C2CCNC2)n1. The average molecular weight is 382 g/mol. The van der Waals surface area contributed by atoms with Gasteiger partial charge in [-0.05, 0) is 25.1 Å². The Bertz CT molecular complexity index is 780. The second-order valence-corrected chi connectivity index (χ2v) is 6.37. The molecule has 0 bridgehead atoms. The summed E-state index contributed by atoms with van der Waals surface area (Å²) >= 11 is 0. The third-order valence-electron chi connectivity index (χ3n) is 4.33. The van der Waals surface area contributed by atoms with Gasteiger partial charge in [-0.25, -0.2) is 9.97 Å². The fourth-order valence-corrected chi connectivity index (χ4v) is 2.86. The molecule has 0 saturated carbocycles. The minimum absolute atomic E-state index is 0.0507. The molecule has 2 aromatic heterocycles. The maximum Gasteiger partial charge on any atom is 0.416 e. The fraction of sp³-hybridized carbons (Fsp3) is 0.471. The van der Waals surface area contributed by atoms with Gasteiger partial charge in [-0.2, -0.15) is 18.2 Å². The Labute approximate surface area is 154 Å². The zero-order valence-electron chi connectivity index (χ0n) is 14.8. The molecule has 1 saturated heterocycles. The fourth-order valence-electron chi connectivity index (χ4n) is 2.86. The number of alkyl halides is 3. The normalized spacial score (nSPS) is 17.1. The molecule has 0 amide bonds. The number of likely N-dealkylation sites (N-methyl/N-ethyl adjacent to an activating group) is 1. The molecule has 27 heavy (non-hydrogen) atoms. The molecule has 10 heteroatoms. The van der Waals surface area contributed by atoms with Crippen LogP contribution in [0, 0.1) is 0 Å². The summed E-state index contributed by atoms with van der Waals surface area (Å²) in [6, 6.07) is 3.59. The van der Waals surface area contributed by atoms with Crippen LogP contribution in [0.3, 0.4) is 0 Å². The van der Waals surface area contributed by atoms with Crippen molar-refractivity contribution in [2.24, 2.45) is 0 Å². The van der Waals surface area contributed by atoms with Gasteiger partial charge in [-0.3, -0.25) is 0 Å². The first-order valence-corrected chi connectivity index (χ1v) is 8.59. The number of hydrogen-bond acceptors (Lipinski definition) is 7. The monoisotopic (exact) mass is 382 g/mol. The number of aliphatic hydroxyl groups excluding tert-OH is 1. The maximum absolute atomic E-state index is 12.9. The molecule has 1 aliphatic rings. The van der Waals surface area contributed by atoms with Gasteiger partial charge in [0, 0.05) is 38.3 Å². The van der Waals surface area contributed by atoms with Gasteiger partial charge in [0.15, 0.2) is 0 Å². The van der Waals surface area contributed by atoms with Gasteiger partial charge in [-0.1, -0.05) is 0 Å². The summed E-state index contributed by atoms with van der Waals surface area (Å²) < 4.78 is 38.7. The van der Waals surface area contributed by atoms with Crippen molar-refractivity contribution in [2.45, 2.75) is 18.5 Å². The smallest absolute Gasteiger partial charge is 0.395 e. The van der Waals surface area contributed by atoms with Crippen LogP contribution in [0.4, 0.5) is 30.8 Å². The van der Waals surface area contributed by atoms with Crippen LogP contribution in [0.2, 0.25) is 0 Å². The molecule has 1 atom stereocenters. The summed E-state index contributed by atoms with van der Waals surface area (Å²) in [5, 5.41) is 15.3. The molecular formula is C17H21F3N6O. The molecule has 1 fully saturated rings. The van der Waals surface area contributed by atoms with E-state index in [-0.39, 0.29) is 18.3 Å². The second-order valence-electron chi connectivity index (χ2n) is 6.37. The van der Waals surface area contributed by atoms with Crippen molar-refractivity contribution in [1.82, 2.24) is 20.3 Å². The molecule has 146 valence electrons. The van der Waals surface area contributed by atoms with Crippen LogP contribution in [0.15, 0.2) is 24.4 Å². The lowest BCUT2D eigenvalue weighted by atomic mass is 10.0. The largest absolute Gasteiger partial charge is 0.416 e. The van der Waals surface area contributed by atoms with Gasteiger partial charge >= 0.3 is 6.18 Å². The summed E-state index contributed by atoms with van der Waals surface area (Å²) in [4.78, 5) is 14.6. The zero-order valence-corrected chi connectivity index (χ0v) is 14.8. The standard InChI is InChI=1S/C17H21F3N6O/c1-26(6-7-27)16-23-13(11-2-4-21-10-11)9-15(25-16)24-14-8-12(3-5-22-14)17(18,19)20/h3,5,8-9,11,21,27H,2,4,6-7,10H2,1H3,(H,22,23,24,25). The first kappa shape index (κ1) is 19.3. The van der Waals surface area contributed by atoms with Gasteiger partial charge < -0.3 is 20.6 Å². The Morgan fingerprint density at radius 1 is 1.30 bits per heavy atom. The molecule has 0 aromatic carbocycles. The molecule has 0 spiro atoms. The van der Waals surface area contributed by atoms with Crippen molar-refractivity contribution < 1.29 is 18.3 Å². The molecule has 3 heterocycles. The Kier molecular flexibility index (Phi) is 5.76. The first-order valence-electron chi connectivity index (χ1n) is 8.59. The number of halogens is 3. The molecule has 0 aliphatic carbocycles. The van der Waals surface area contributed by atoms with Gasteiger partial charge in [-0.15, -0.1) is 0 Å². The minimum Gasteiger partial charge on any atom is -0.395 e. The molecule has 7 nitrogen and oxygen atoms in total. The summed E-state index contributed by atoms with van der Waals surface area (Å²) in [6.07, 6.45) is -2.42. The van der Waals surface area contributed by atoms with E-state index in [1.165, 1.54) is 0 Å². The van der Waals surface area contributed by atoms with Crippen molar-refractivity contribution in [2.75, 3.05) is 43.5 Å². The third kappa shape index (κ3) is 4.83. The average Bonchev–Trinajstić information content (AvgIpc) is 3.16. The van der Waals surface area contributed by atoms with E-state index in [0.717, 1.165) is 43.5 Å². The quantitative estimate of drug-likeness (QED) is 0.706. The zero-order chi connectivity index (χ0) is 19.4. The molecular weight excluding hydrogens is 361 g/mol. The van der Waals surface area contributed by atoms with E-state index >= 15 is 0 Å². The van der Waals surface area contributed by atoms with Gasteiger partial charge in [0.05, 0.1) is 17.9 Å². The van der Waals surface area contributed by atoms with Crippen LogP contribution in [0.5, 0.6) is 0 Å². The summed E-state index contributed by atoms with van der Waals surface area (Å²) in [5.41, 5.74) is 0.0103. The highest BCUT2D eigenvalue weighted by Crippen LogP contribution is 2.31. The summed E-state index contributed by atoms with van der Waals surface area (Å²) in [6.45, 7) is 1.94. The number of nitrogens with zero attached hydrogens (tertiary/aromatic N) is 4. The van der Waals surface area contributed by atoms with E-state index in [4.69, 9.17) is 5.11 Å². The highest BCUT2D eigenvalue weighted by molar-refractivity contribution is 5.55. The highest BCUT2D eigenvalue weighted by atomic mass is 19.4. The van der Waals surface area contributed by atoms with Crippen LogP contribution < -0.4 is 15.5 Å². The molecule has 0 radical (unpaired) electrons. The van der Waals surface area contributed by atoms with Crippen molar-refractivity contribution >= 4 is 17.6 Å². The van der Waals surface area contributed by atoms with E-state index in [1.54, 1.807) is 18.0 Å². The van der Waals surface area contributed by atoms with Crippen molar-refractivity contribution in [3.63, 3.8) is 0 Å². The predicted molar refractivity (Wildman–Crippen MR) is 95.1 cm³/mol. The van der Waals surface area contributed by atoms with E-state index in [1.807, 2.05) is 0 Å². The van der Waals surface area contributed by atoms with Crippen LogP contribution in [-0.2, 0) is 6.18 Å². The van der Waals surface area contributed by atoms with E-state index in [9.17, 15) is 13.2 Å². The lowest BCUT2D eigenvalue weighted by molar-refractivity contribution is -0.137. The van der Waals surface area contributed by atoms with E-state index in [0.29, 0.717) is 18.3 Å². The number of nitrogens with one attached hydrogen (secondary N) is 2. The number of anilines is 3. The molecule has 1 aliphatic heterocycles. The topological polar surface area (TPSA) is 86.2 Å². The van der Waals surface area contributed by atoms with E-state index < -0.39 is 11.7 Å². The van der Waals surface area contributed by atoms with Gasteiger partial charge in [0.25, 0.3) is 0 Å². The van der Waals surface area contributed by atoms with Gasteiger partial charge in [0.2, 0.25) is 5.95 Å². The Balaban J connectivity index is 1.91. The number of pyridine rings is 1. The molecule has 3 rings (SSSR count). The lowest BCUT2D eigenvalue weighted by Gasteiger charge is -2.19. The number of aliphatic hydroxyl groups is 1. The van der Waals surface area contributed by atoms with Crippen LogP contribution in [0.25, 0.3) is 0 Å². The molecule has 2 aromatic rings. The molecule has 1 unspecified atom stereocenters. The van der Waals surface area contributed by atoms with Gasteiger partial charge in [0.1, 0.15) is 11.6 Å². The number of hydrogen-bond donors (Lipinski definition) is 3. The number of aromatic nitrogens is 3. The van der Waals surface area contributed by atoms with Crippen molar-refractivity contribution in [3.8, 4) is 0 Å². The number of rotatable bonds is 6. The first-order chi connectivity index (χ1) is 12.9. The summed E-state index contributed by atoms with van der Waals surface area (Å²) in [5.74, 6) is 1.00. The maximum atomic E-state index is 12.9. The molecule has 3 N–H and O–H groups in total. The van der Waals surface area contributed by atoms with Crippen molar-refractivity contribution in [3.05, 3.63) is 35.7 Å². The van der Waals surface area contributed by atoms with Crippen LogP contribution in [0.1, 0.15) is 23.6 Å². The predicted octanol–water partition coefficient (Wildman–Crippen LogP) is 2.14. The second kappa shape index (κ2) is 8.05. The van der Waals surface area contributed by atoms with Crippen LogP contribution in [-0.4, -0.2) is 53.3 Å². The van der Waals surface area contributed by atoms with Crippen molar-refractivity contribution in [1.29, 1.82) is 0 Å². The third-order valence-corrected chi connectivity index (χ3v) is 4.33. The minimum atomic E-state index is -4.45. The van der Waals surface area contributed by atoms with E-state index in [2.05, 4.69) is 25.6 Å². The Morgan fingerprint density at radius 2 is 2.11 bits per heavy atom. The Morgan fingerprint density at radius 3 is 2.78 bits per heavy atom. The summed E-state index contributed by atoms with van der Waals surface area (Å²) in [7, 11) is 1.74. The Hall–Kier alpha value is -2.46.